The average molecular weight is 334 g/mol. The van der Waals surface area contributed by atoms with Crippen LogP contribution in [0.1, 0.15) is 22.1 Å². The van der Waals surface area contributed by atoms with Crippen LogP contribution in [0.5, 0.6) is 0 Å². The predicted molar refractivity (Wildman–Crippen MR) is 81.2 cm³/mol. The van der Waals surface area contributed by atoms with Crippen LogP contribution in [0.15, 0.2) is 42.6 Å². The first-order valence-electron chi connectivity index (χ1n) is 7.51. The van der Waals surface area contributed by atoms with Gasteiger partial charge in [0.05, 0.1) is 25.5 Å². The van der Waals surface area contributed by atoms with Crippen LogP contribution in [-0.4, -0.2) is 46.8 Å². The number of rotatable bonds is 3. The number of hydrogen-bond donors (Lipinski definition) is 1. The molecule has 2 heterocycles. The zero-order valence-electron chi connectivity index (χ0n) is 12.7. The Labute approximate surface area is 137 Å². The van der Waals surface area contributed by atoms with Crippen LogP contribution in [0, 0.1) is 11.6 Å². The Bertz CT molecular complexity index is 727. The number of morpholine rings is 1. The summed E-state index contributed by atoms with van der Waals surface area (Å²) in [4.78, 5) is 17.7. The number of aliphatic hydroxyl groups excluding tert-OH is 1. The topological polar surface area (TPSA) is 62.7 Å². The standard InChI is InChI=1S/C17H16F2N2O3/c18-12-8-13(19)15(20-9-12)17(23)21-6-7-24-14(10-22)16(21)11-4-2-1-3-5-11/h1-5,8-9,14,16,22H,6-7,10H2/t14-,16-/m0/s1. The van der Waals surface area contributed by atoms with E-state index in [0.717, 1.165) is 11.8 Å². The fourth-order valence-corrected chi connectivity index (χ4v) is 2.87. The number of halogens is 2. The predicted octanol–water partition coefficient (Wildman–Crippen LogP) is 1.93. The fraction of sp³-hybridized carbons (Fsp3) is 0.294. The number of benzene rings is 1. The number of carbonyl (C=O) groups is 1. The molecule has 5 nitrogen and oxygen atoms in total. The van der Waals surface area contributed by atoms with Crippen LogP contribution in [-0.2, 0) is 4.74 Å². The molecule has 0 aliphatic carbocycles. The van der Waals surface area contributed by atoms with Crippen LogP contribution in [0.2, 0.25) is 0 Å². The summed E-state index contributed by atoms with van der Waals surface area (Å²) in [6, 6.07) is 9.09. The normalized spacial score (nSPS) is 20.9. The highest BCUT2D eigenvalue weighted by Gasteiger charge is 2.37. The van der Waals surface area contributed by atoms with Crippen molar-refractivity contribution in [3.8, 4) is 0 Å². The van der Waals surface area contributed by atoms with Crippen molar-refractivity contribution >= 4 is 5.91 Å². The average Bonchev–Trinajstić information content (AvgIpc) is 2.61. The minimum Gasteiger partial charge on any atom is -0.394 e. The maximum Gasteiger partial charge on any atom is 0.276 e. The van der Waals surface area contributed by atoms with E-state index >= 15 is 0 Å². The van der Waals surface area contributed by atoms with E-state index in [4.69, 9.17) is 4.74 Å². The summed E-state index contributed by atoms with van der Waals surface area (Å²) in [7, 11) is 0. The monoisotopic (exact) mass is 334 g/mol. The van der Waals surface area contributed by atoms with Gasteiger partial charge in [-0.3, -0.25) is 4.79 Å². The van der Waals surface area contributed by atoms with Crippen LogP contribution in [0.25, 0.3) is 0 Å². The zero-order chi connectivity index (χ0) is 17.1. The van der Waals surface area contributed by atoms with Gasteiger partial charge in [-0.25, -0.2) is 13.8 Å². The van der Waals surface area contributed by atoms with E-state index in [9.17, 15) is 18.7 Å². The minimum atomic E-state index is -1.01. The summed E-state index contributed by atoms with van der Waals surface area (Å²) in [6.07, 6.45) is 0.172. The Balaban J connectivity index is 1.98. The molecule has 1 amide bonds. The summed E-state index contributed by atoms with van der Waals surface area (Å²) >= 11 is 0. The molecule has 1 aliphatic rings. The SMILES string of the molecule is O=C(c1ncc(F)cc1F)N1CCO[C@@H](CO)[C@@H]1c1ccccc1. The highest BCUT2D eigenvalue weighted by molar-refractivity contribution is 5.93. The van der Waals surface area contributed by atoms with Crippen LogP contribution >= 0.6 is 0 Å². The molecule has 1 N–H and O–H groups in total. The smallest absolute Gasteiger partial charge is 0.276 e. The summed E-state index contributed by atoms with van der Waals surface area (Å²) in [5.41, 5.74) is 0.308. The molecule has 0 bridgehead atoms. The van der Waals surface area contributed by atoms with Gasteiger partial charge in [-0.15, -0.1) is 0 Å². The molecule has 1 aliphatic heterocycles. The van der Waals surface area contributed by atoms with Gasteiger partial charge in [-0.05, 0) is 5.56 Å². The Morgan fingerprint density at radius 3 is 2.75 bits per heavy atom. The number of carbonyl (C=O) groups excluding carboxylic acids is 1. The van der Waals surface area contributed by atoms with Crippen molar-refractivity contribution in [3.63, 3.8) is 0 Å². The Morgan fingerprint density at radius 1 is 1.33 bits per heavy atom. The summed E-state index contributed by atoms with van der Waals surface area (Å²) in [5.74, 6) is -2.53. The number of ether oxygens (including phenoxy) is 1. The molecule has 24 heavy (non-hydrogen) atoms. The molecule has 0 unspecified atom stereocenters. The van der Waals surface area contributed by atoms with Gasteiger partial charge in [-0.2, -0.15) is 0 Å². The van der Waals surface area contributed by atoms with E-state index in [2.05, 4.69) is 4.98 Å². The molecule has 0 radical (unpaired) electrons. The van der Waals surface area contributed by atoms with Crippen molar-refractivity contribution in [2.75, 3.05) is 19.8 Å². The van der Waals surface area contributed by atoms with Crippen LogP contribution in [0.3, 0.4) is 0 Å². The van der Waals surface area contributed by atoms with E-state index in [0.29, 0.717) is 6.07 Å². The zero-order valence-corrected chi connectivity index (χ0v) is 12.7. The third-order valence-corrected chi connectivity index (χ3v) is 3.94. The molecule has 1 fully saturated rings. The molecule has 1 aromatic carbocycles. The lowest BCUT2D eigenvalue weighted by Gasteiger charge is -2.40. The second-order valence-corrected chi connectivity index (χ2v) is 5.43. The fourth-order valence-electron chi connectivity index (χ4n) is 2.87. The van der Waals surface area contributed by atoms with Crippen molar-refractivity contribution in [2.24, 2.45) is 0 Å². The number of hydrogen-bond acceptors (Lipinski definition) is 4. The number of nitrogens with zero attached hydrogens (tertiary/aromatic N) is 2. The van der Waals surface area contributed by atoms with Crippen LogP contribution in [0.4, 0.5) is 8.78 Å². The van der Waals surface area contributed by atoms with Crippen molar-refractivity contribution < 1.29 is 23.4 Å². The molecule has 7 heteroatoms. The van der Waals surface area contributed by atoms with Gasteiger partial charge in [0.1, 0.15) is 11.9 Å². The first-order chi connectivity index (χ1) is 11.6. The quantitative estimate of drug-likeness (QED) is 0.932. The van der Waals surface area contributed by atoms with Crippen molar-refractivity contribution in [1.29, 1.82) is 0 Å². The number of aromatic nitrogens is 1. The summed E-state index contributed by atoms with van der Waals surface area (Å²) < 4.78 is 32.5. The maximum absolute atomic E-state index is 13.9. The highest BCUT2D eigenvalue weighted by Crippen LogP contribution is 2.30. The lowest BCUT2D eigenvalue weighted by molar-refractivity contribution is -0.0813. The van der Waals surface area contributed by atoms with E-state index in [1.807, 2.05) is 6.07 Å². The second-order valence-electron chi connectivity index (χ2n) is 5.43. The molecular weight excluding hydrogens is 318 g/mol. The van der Waals surface area contributed by atoms with E-state index in [-0.39, 0.29) is 19.8 Å². The lowest BCUT2D eigenvalue weighted by Crippen LogP contribution is -2.49. The van der Waals surface area contributed by atoms with Gasteiger partial charge in [-0.1, -0.05) is 30.3 Å². The van der Waals surface area contributed by atoms with Crippen molar-refractivity contribution in [2.45, 2.75) is 12.1 Å². The van der Waals surface area contributed by atoms with Crippen molar-refractivity contribution in [3.05, 3.63) is 65.5 Å². The molecule has 1 saturated heterocycles. The molecule has 126 valence electrons. The van der Waals surface area contributed by atoms with E-state index < -0.39 is 35.4 Å². The number of aliphatic hydroxyl groups is 1. The molecule has 1 aromatic heterocycles. The number of amides is 1. The van der Waals surface area contributed by atoms with Crippen LogP contribution < -0.4 is 0 Å². The third-order valence-electron chi connectivity index (χ3n) is 3.94. The lowest BCUT2D eigenvalue weighted by atomic mass is 9.98. The molecule has 0 spiro atoms. The van der Waals surface area contributed by atoms with Gasteiger partial charge in [0, 0.05) is 12.6 Å². The third kappa shape index (κ3) is 3.13. The molecule has 3 rings (SSSR count). The van der Waals surface area contributed by atoms with Gasteiger partial charge in [0.25, 0.3) is 5.91 Å². The van der Waals surface area contributed by atoms with Gasteiger partial charge in [0.2, 0.25) is 0 Å². The Kier molecular flexibility index (Phi) is 4.82. The largest absolute Gasteiger partial charge is 0.394 e. The first kappa shape index (κ1) is 16.5. The molecular formula is C17H16F2N2O3. The van der Waals surface area contributed by atoms with E-state index in [1.165, 1.54) is 4.90 Å². The Morgan fingerprint density at radius 2 is 2.08 bits per heavy atom. The molecule has 2 aromatic rings. The second kappa shape index (κ2) is 7.02. The Hall–Kier alpha value is -2.38. The van der Waals surface area contributed by atoms with Crippen molar-refractivity contribution in [1.82, 2.24) is 9.88 Å². The van der Waals surface area contributed by atoms with Gasteiger partial charge < -0.3 is 14.7 Å². The maximum atomic E-state index is 13.9. The van der Waals surface area contributed by atoms with Gasteiger partial charge in [0.15, 0.2) is 11.5 Å². The summed E-state index contributed by atoms with van der Waals surface area (Å²) in [6.45, 7) is 0.138. The molecule has 2 atom stereocenters. The number of pyridine rings is 1. The highest BCUT2D eigenvalue weighted by atomic mass is 19.1. The first-order valence-corrected chi connectivity index (χ1v) is 7.51. The van der Waals surface area contributed by atoms with E-state index in [1.54, 1.807) is 24.3 Å². The molecule has 0 saturated carbocycles. The summed E-state index contributed by atoms with van der Waals surface area (Å²) in [5, 5.41) is 9.58. The minimum absolute atomic E-state index is 0.211. The van der Waals surface area contributed by atoms with Gasteiger partial charge >= 0.3 is 0 Å².